The van der Waals surface area contributed by atoms with Gasteiger partial charge in [-0.1, -0.05) is 11.6 Å². The number of nitrogens with one attached hydrogen (secondary N) is 2. The predicted octanol–water partition coefficient (Wildman–Crippen LogP) is 4.88. The number of carbonyl (C=O) groups excluding carboxylic acids is 1. The molecule has 0 spiro atoms. The van der Waals surface area contributed by atoms with Gasteiger partial charge in [0.2, 0.25) is 5.91 Å². The van der Waals surface area contributed by atoms with Gasteiger partial charge >= 0.3 is 0 Å². The number of sulfonamides is 1. The Morgan fingerprint density at radius 3 is 2.13 bits per heavy atom. The molecule has 0 saturated heterocycles. The van der Waals surface area contributed by atoms with E-state index in [-0.39, 0.29) is 16.6 Å². The third kappa shape index (κ3) is 6.16. The van der Waals surface area contributed by atoms with Crippen molar-refractivity contribution in [3.05, 3.63) is 77.8 Å². The van der Waals surface area contributed by atoms with E-state index < -0.39 is 10.0 Å². The van der Waals surface area contributed by atoms with Gasteiger partial charge in [-0.25, -0.2) is 8.42 Å². The van der Waals surface area contributed by atoms with Gasteiger partial charge in [-0.15, -0.1) is 11.8 Å². The minimum atomic E-state index is -3.74. The van der Waals surface area contributed by atoms with Crippen molar-refractivity contribution in [1.82, 2.24) is 0 Å². The van der Waals surface area contributed by atoms with E-state index in [1.807, 2.05) is 24.3 Å². The summed E-state index contributed by atoms with van der Waals surface area (Å²) in [4.78, 5) is 13.2. The van der Waals surface area contributed by atoms with Crippen molar-refractivity contribution >= 4 is 50.7 Å². The number of benzene rings is 3. The molecular formula is C21H19ClN2O4S2. The highest BCUT2D eigenvalue weighted by Gasteiger charge is 2.14. The van der Waals surface area contributed by atoms with Gasteiger partial charge in [0.15, 0.2) is 0 Å². The fourth-order valence-corrected chi connectivity index (χ4v) is 4.35. The number of amides is 1. The van der Waals surface area contributed by atoms with E-state index in [0.29, 0.717) is 16.4 Å². The fourth-order valence-electron chi connectivity index (χ4n) is 2.47. The lowest BCUT2D eigenvalue weighted by Gasteiger charge is -2.10. The van der Waals surface area contributed by atoms with E-state index >= 15 is 0 Å². The Labute approximate surface area is 184 Å². The summed E-state index contributed by atoms with van der Waals surface area (Å²) in [5, 5.41) is 3.27. The Kier molecular flexibility index (Phi) is 7.25. The number of hydrogen-bond acceptors (Lipinski definition) is 5. The van der Waals surface area contributed by atoms with Crippen molar-refractivity contribution in [3.63, 3.8) is 0 Å². The molecule has 0 atom stereocenters. The summed E-state index contributed by atoms with van der Waals surface area (Å²) in [7, 11) is -2.15. The molecule has 0 aliphatic heterocycles. The summed E-state index contributed by atoms with van der Waals surface area (Å²) in [6.45, 7) is 0. The second-order valence-electron chi connectivity index (χ2n) is 6.15. The van der Waals surface area contributed by atoms with E-state index in [1.165, 1.54) is 23.9 Å². The zero-order valence-corrected chi connectivity index (χ0v) is 18.4. The number of thioether (sulfide) groups is 1. The van der Waals surface area contributed by atoms with Crippen LogP contribution in [0.2, 0.25) is 5.02 Å². The van der Waals surface area contributed by atoms with Crippen LogP contribution in [0.25, 0.3) is 0 Å². The molecule has 0 aliphatic carbocycles. The molecule has 0 heterocycles. The Balaban J connectivity index is 1.56. The van der Waals surface area contributed by atoms with Crippen molar-refractivity contribution in [2.75, 3.05) is 22.9 Å². The van der Waals surface area contributed by atoms with Crippen LogP contribution in [0.1, 0.15) is 0 Å². The number of hydrogen-bond donors (Lipinski definition) is 2. The largest absolute Gasteiger partial charge is 0.497 e. The van der Waals surface area contributed by atoms with Crippen molar-refractivity contribution in [1.29, 1.82) is 0 Å². The molecule has 0 aromatic heterocycles. The normalized spacial score (nSPS) is 11.0. The maximum Gasteiger partial charge on any atom is 0.261 e. The quantitative estimate of drug-likeness (QED) is 0.466. The Hall–Kier alpha value is -2.68. The molecule has 3 rings (SSSR count). The van der Waals surface area contributed by atoms with Crippen LogP contribution >= 0.6 is 23.4 Å². The van der Waals surface area contributed by atoms with Crippen LogP contribution in [0.3, 0.4) is 0 Å². The van der Waals surface area contributed by atoms with Crippen LogP contribution < -0.4 is 14.8 Å². The molecule has 0 unspecified atom stereocenters. The maximum atomic E-state index is 12.5. The van der Waals surface area contributed by atoms with E-state index in [2.05, 4.69) is 10.0 Å². The van der Waals surface area contributed by atoms with Crippen LogP contribution in [-0.4, -0.2) is 27.2 Å². The first-order valence-corrected chi connectivity index (χ1v) is 11.7. The van der Waals surface area contributed by atoms with Gasteiger partial charge in [0, 0.05) is 21.3 Å². The lowest BCUT2D eigenvalue weighted by atomic mass is 10.3. The number of ether oxygens (including phenoxy) is 1. The van der Waals surface area contributed by atoms with Gasteiger partial charge in [-0.05, 0) is 72.8 Å². The predicted molar refractivity (Wildman–Crippen MR) is 121 cm³/mol. The van der Waals surface area contributed by atoms with E-state index in [9.17, 15) is 13.2 Å². The first-order chi connectivity index (χ1) is 14.4. The van der Waals surface area contributed by atoms with Gasteiger partial charge in [-0.3, -0.25) is 9.52 Å². The van der Waals surface area contributed by atoms with E-state index in [0.717, 1.165) is 10.6 Å². The first-order valence-electron chi connectivity index (χ1n) is 8.81. The van der Waals surface area contributed by atoms with Crippen LogP contribution in [0.4, 0.5) is 11.4 Å². The van der Waals surface area contributed by atoms with Crippen LogP contribution in [0.5, 0.6) is 5.75 Å². The average Bonchev–Trinajstić information content (AvgIpc) is 2.74. The molecule has 0 fully saturated rings. The van der Waals surface area contributed by atoms with Crippen molar-refractivity contribution < 1.29 is 17.9 Å². The number of carbonyl (C=O) groups is 1. The molecule has 3 aromatic rings. The van der Waals surface area contributed by atoms with Crippen molar-refractivity contribution in [2.24, 2.45) is 0 Å². The van der Waals surface area contributed by atoms with Gasteiger partial charge in [0.1, 0.15) is 5.75 Å². The number of methoxy groups -OCH3 is 1. The third-order valence-corrected chi connectivity index (χ3v) is 6.64. The number of anilines is 2. The Morgan fingerprint density at radius 1 is 0.933 bits per heavy atom. The summed E-state index contributed by atoms with van der Waals surface area (Å²) in [5.41, 5.74) is 0.924. The molecule has 156 valence electrons. The van der Waals surface area contributed by atoms with Crippen molar-refractivity contribution in [2.45, 2.75) is 9.79 Å². The fraction of sp³-hybridized carbons (Fsp3) is 0.0952. The highest BCUT2D eigenvalue weighted by Crippen LogP contribution is 2.22. The van der Waals surface area contributed by atoms with Gasteiger partial charge in [-0.2, -0.15) is 0 Å². The zero-order chi connectivity index (χ0) is 21.6. The van der Waals surface area contributed by atoms with E-state index in [1.54, 1.807) is 43.5 Å². The van der Waals surface area contributed by atoms with Crippen LogP contribution in [0, 0.1) is 0 Å². The number of halogens is 1. The lowest BCUT2D eigenvalue weighted by Crippen LogP contribution is -2.15. The summed E-state index contributed by atoms with van der Waals surface area (Å²) >= 11 is 7.20. The second kappa shape index (κ2) is 9.88. The standard InChI is InChI=1S/C21H19ClN2O4S2/c1-28-18-8-10-19(11-9-18)29-14-21(25)23-16-6-12-20(13-7-16)30(26,27)24-17-4-2-15(22)3-5-17/h2-13,24H,14H2,1H3,(H,23,25). The minimum Gasteiger partial charge on any atom is -0.497 e. The Bertz CT molecular complexity index is 1100. The summed E-state index contributed by atoms with van der Waals surface area (Å²) in [6, 6.07) is 19.7. The highest BCUT2D eigenvalue weighted by atomic mass is 35.5. The second-order valence-corrected chi connectivity index (χ2v) is 9.32. The molecule has 2 N–H and O–H groups in total. The van der Waals surface area contributed by atoms with Crippen molar-refractivity contribution in [3.8, 4) is 5.75 Å². The van der Waals surface area contributed by atoms with Crippen LogP contribution in [-0.2, 0) is 14.8 Å². The van der Waals surface area contributed by atoms with Gasteiger partial charge < -0.3 is 10.1 Å². The molecule has 6 nitrogen and oxygen atoms in total. The minimum absolute atomic E-state index is 0.0862. The Morgan fingerprint density at radius 2 is 1.53 bits per heavy atom. The zero-order valence-electron chi connectivity index (χ0n) is 16.0. The lowest BCUT2D eigenvalue weighted by molar-refractivity contribution is -0.113. The van der Waals surface area contributed by atoms with E-state index in [4.69, 9.17) is 16.3 Å². The van der Waals surface area contributed by atoms with Gasteiger partial charge in [0.25, 0.3) is 10.0 Å². The molecular weight excluding hydrogens is 444 g/mol. The smallest absolute Gasteiger partial charge is 0.261 e. The monoisotopic (exact) mass is 462 g/mol. The molecule has 9 heteroatoms. The maximum absolute atomic E-state index is 12.5. The topological polar surface area (TPSA) is 84.5 Å². The summed E-state index contributed by atoms with van der Waals surface area (Å²) < 4.78 is 32.5. The third-order valence-electron chi connectivity index (χ3n) is 3.97. The molecule has 0 aliphatic rings. The average molecular weight is 463 g/mol. The first kappa shape index (κ1) is 22.0. The molecule has 1 amide bonds. The molecule has 30 heavy (non-hydrogen) atoms. The molecule has 0 radical (unpaired) electrons. The molecule has 0 bridgehead atoms. The summed E-state index contributed by atoms with van der Waals surface area (Å²) in [6.07, 6.45) is 0. The summed E-state index contributed by atoms with van der Waals surface area (Å²) in [5.74, 6) is 0.792. The molecule has 0 saturated carbocycles. The highest BCUT2D eigenvalue weighted by molar-refractivity contribution is 8.00. The SMILES string of the molecule is COc1ccc(SCC(=O)Nc2ccc(S(=O)(=O)Nc3ccc(Cl)cc3)cc2)cc1. The van der Waals surface area contributed by atoms with Gasteiger partial charge in [0.05, 0.1) is 17.8 Å². The number of rotatable bonds is 8. The molecule has 3 aromatic carbocycles. The van der Waals surface area contributed by atoms with Crippen LogP contribution in [0.15, 0.2) is 82.6 Å².